The highest BCUT2D eigenvalue weighted by atomic mass is 16.5. The van der Waals surface area contributed by atoms with Crippen LogP contribution in [0.2, 0.25) is 0 Å². The van der Waals surface area contributed by atoms with Crippen molar-refractivity contribution >= 4 is 11.9 Å². The molecule has 1 saturated carbocycles. The van der Waals surface area contributed by atoms with Gasteiger partial charge in [-0.2, -0.15) is 0 Å². The Morgan fingerprint density at radius 2 is 2.00 bits per heavy atom. The number of carbonyl (C=O) groups is 1. The number of hydrogen-bond acceptors (Lipinski definition) is 7. The van der Waals surface area contributed by atoms with Gasteiger partial charge >= 0.3 is 0 Å². The topological polar surface area (TPSA) is 88.0 Å². The average Bonchev–Trinajstić information content (AvgIpc) is 3.30. The first-order valence-corrected chi connectivity index (χ1v) is 11.4. The van der Waals surface area contributed by atoms with E-state index in [1.54, 1.807) is 19.5 Å². The molecule has 1 amide bonds. The van der Waals surface area contributed by atoms with Gasteiger partial charge in [0.1, 0.15) is 5.75 Å². The molecule has 3 unspecified atom stereocenters. The van der Waals surface area contributed by atoms with E-state index in [9.17, 15) is 9.90 Å². The summed E-state index contributed by atoms with van der Waals surface area (Å²) < 4.78 is 10.7. The number of benzene rings is 1. The largest absolute Gasteiger partial charge is 0.497 e. The van der Waals surface area contributed by atoms with Crippen molar-refractivity contribution < 1.29 is 19.4 Å². The molecule has 1 aliphatic carbocycles. The molecule has 1 N–H and O–H groups in total. The Kier molecular flexibility index (Phi) is 5.73. The molecule has 5 rings (SSSR count). The molecule has 8 heteroatoms. The lowest BCUT2D eigenvalue weighted by atomic mass is 9.67. The lowest BCUT2D eigenvalue weighted by molar-refractivity contribution is -0.0645. The van der Waals surface area contributed by atoms with Crippen molar-refractivity contribution in [2.24, 2.45) is 11.8 Å². The molecule has 3 heterocycles. The molecule has 1 aromatic heterocycles. The zero-order chi connectivity index (χ0) is 22.1. The predicted molar refractivity (Wildman–Crippen MR) is 119 cm³/mol. The summed E-state index contributed by atoms with van der Waals surface area (Å²) in [6.07, 6.45) is 5.90. The smallest absolute Gasteiger partial charge is 0.257 e. The molecule has 2 saturated heterocycles. The van der Waals surface area contributed by atoms with Crippen LogP contribution in [0.4, 0.5) is 5.95 Å². The minimum absolute atomic E-state index is 0.000785. The van der Waals surface area contributed by atoms with Gasteiger partial charge in [-0.1, -0.05) is 12.1 Å². The molecule has 0 radical (unpaired) electrons. The van der Waals surface area contributed by atoms with Crippen LogP contribution in [0.15, 0.2) is 36.7 Å². The van der Waals surface area contributed by atoms with Crippen molar-refractivity contribution in [3.8, 4) is 5.75 Å². The summed E-state index contributed by atoms with van der Waals surface area (Å²) in [7, 11) is 1.63. The Bertz CT molecular complexity index is 963. The van der Waals surface area contributed by atoms with Crippen LogP contribution in [0.5, 0.6) is 5.75 Å². The van der Waals surface area contributed by atoms with Gasteiger partial charge in [0.15, 0.2) is 0 Å². The van der Waals surface area contributed by atoms with Crippen LogP contribution in [-0.4, -0.2) is 72.4 Å². The number of aliphatic hydroxyl groups is 1. The van der Waals surface area contributed by atoms with E-state index in [4.69, 9.17) is 9.47 Å². The number of amides is 1. The summed E-state index contributed by atoms with van der Waals surface area (Å²) in [5, 5.41) is 11.7. The Morgan fingerprint density at radius 1 is 1.22 bits per heavy atom. The number of rotatable bonds is 4. The number of morpholine rings is 1. The number of methoxy groups -OCH3 is 1. The number of fused-ring (bicyclic) bond motifs is 1. The normalized spacial score (nSPS) is 27.8. The van der Waals surface area contributed by atoms with E-state index in [1.807, 2.05) is 29.2 Å². The monoisotopic (exact) mass is 438 g/mol. The average molecular weight is 439 g/mol. The molecule has 2 aliphatic heterocycles. The number of aromatic nitrogens is 2. The second-order valence-corrected chi connectivity index (χ2v) is 9.00. The highest BCUT2D eigenvalue weighted by Gasteiger charge is 2.50. The summed E-state index contributed by atoms with van der Waals surface area (Å²) in [4.78, 5) is 26.0. The molecule has 3 atom stereocenters. The van der Waals surface area contributed by atoms with Gasteiger partial charge in [0.25, 0.3) is 5.91 Å². The van der Waals surface area contributed by atoms with Crippen molar-refractivity contribution in [1.29, 1.82) is 0 Å². The number of likely N-dealkylation sites (tertiary alicyclic amines) is 1. The lowest BCUT2D eigenvalue weighted by Crippen LogP contribution is -2.43. The Hall–Kier alpha value is -2.71. The minimum atomic E-state index is -0.955. The van der Waals surface area contributed by atoms with Crippen LogP contribution < -0.4 is 9.64 Å². The second-order valence-electron chi connectivity index (χ2n) is 9.00. The zero-order valence-corrected chi connectivity index (χ0v) is 18.4. The van der Waals surface area contributed by atoms with Gasteiger partial charge in [-0.15, -0.1) is 0 Å². The van der Waals surface area contributed by atoms with Crippen LogP contribution in [0.25, 0.3) is 0 Å². The third kappa shape index (κ3) is 3.82. The highest BCUT2D eigenvalue weighted by molar-refractivity contribution is 5.94. The first kappa shape index (κ1) is 21.2. The molecule has 1 aromatic carbocycles. The van der Waals surface area contributed by atoms with Crippen LogP contribution >= 0.6 is 0 Å². The number of hydrogen-bond donors (Lipinski definition) is 1. The molecule has 2 aromatic rings. The maximum Gasteiger partial charge on any atom is 0.257 e. The molecule has 170 valence electrons. The van der Waals surface area contributed by atoms with Gasteiger partial charge in [0, 0.05) is 44.5 Å². The molecular weight excluding hydrogens is 408 g/mol. The molecular formula is C24H30N4O4. The molecule has 32 heavy (non-hydrogen) atoms. The zero-order valence-electron chi connectivity index (χ0n) is 18.4. The maximum atomic E-state index is 13.2. The number of anilines is 1. The summed E-state index contributed by atoms with van der Waals surface area (Å²) in [6.45, 7) is 4.02. The third-order valence-corrected chi connectivity index (χ3v) is 7.22. The Balaban J connectivity index is 1.32. The quantitative estimate of drug-likeness (QED) is 0.782. The standard InChI is InChI=1S/C24H30N4O4/c1-31-20-6-2-5-19(12-20)24(30)7-3-4-17-15-28(16-21(17)24)22(29)18-13-25-23(26-14-18)27-8-10-32-11-9-27/h2,5-6,12-14,17,21,30H,3-4,7-11,15-16H2,1H3. The third-order valence-electron chi connectivity index (χ3n) is 7.22. The van der Waals surface area contributed by atoms with E-state index < -0.39 is 5.60 Å². The fraction of sp³-hybridized carbons (Fsp3) is 0.542. The Labute approximate surface area is 188 Å². The predicted octanol–water partition coefficient (Wildman–Crippen LogP) is 2.08. The first-order chi connectivity index (χ1) is 15.6. The maximum absolute atomic E-state index is 13.2. The van der Waals surface area contributed by atoms with Crippen LogP contribution in [0.1, 0.15) is 35.2 Å². The van der Waals surface area contributed by atoms with Gasteiger partial charge in [-0.05, 0) is 42.9 Å². The minimum Gasteiger partial charge on any atom is -0.497 e. The van der Waals surface area contributed by atoms with E-state index in [0.29, 0.717) is 44.2 Å². The van der Waals surface area contributed by atoms with Crippen molar-refractivity contribution in [3.05, 3.63) is 47.8 Å². The summed E-state index contributed by atoms with van der Waals surface area (Å²) in [5.41, 5.74) is 0.410. The molecule has 3 aliphatic rings. The SMILES string of the molecule is COc1cccc(C2(O)CCCC3CN(C(=O)c4cnc(N5CCOCC5)nc4)CC32)c1. The van der Waals surface area contributed by atoms with Gasteiger partial charge in [-0.25, -0.2) is 9.97 Å². The number of ether oxygens (including phenoxy) is 2. The van der Waals surface area contributed by atoms with Crippen LogP contribution in [0.3, 0.4) is 0 Å². The fourth-order valence-corrected chi connectivity index (χ4v) is 5.48. The van der Waals surface area contributed by atoms with Crippen molar-refractivity contribution in [3.63, 3.8) is 0 Å². The van der Waals surface area contributed by atoms with E-state index in [2.05, 4.69) is 14.9 Å². The van der Waals surface area contributed by atoms with E-state index >= 15 is 0 Å². The molecule has 0 spiro atoms. The summed E-state index contributed by atoms with van der Waals surface area (Å²) in [5.74, 6) is 1.58. The number of nitrogens with zero attached hydrogens (tertiary/aromatic N) is 4. The molecule has 0 bridgehead atoms. The Morgan fingerprint density at radius 3 is 2.75 bits per heavy atom. The molecule has 8 nitrogen and oxygen atoms in total. The van der Waals surface area contributed by atoms with Gasteiger partial charge in [0.05, 0.1) is 31.5 Å². The summed E-state index contributed by atoms with van der Waals surface area (Å²) >= 11 is 0. The van der Waals surface area contributed by atoms with Gasteiger partial charge in [-0.3, -0.25) is 4.79 Å². The van der Waals surface area contributed by atoms with Crippen molar-refractivity contribution in [2.75, 3.05) is 51.4 Å². The lowest BCUT2D eigenvalue weighted by Gasteiger charge is -2.41. The van der Waals surface area contributed by atoms with E-state index in [-0.39, 0.29) is 17.7 Å². The fourth-order valence-electron chi connectivity index (χ4n) is 5.48. The van der Waals surface area contributed by atoms with E-state index in [1.165, 1.54) is 0 Å². The van der Waals surface area contributed by atoms with Crippen molar-refractivity contribution in [2.45, 2.75) is 24.9 Å². The van der Waals surface area contributed by atoms with Gasteiger partial charge in [0.2, 0.25) is 5.95 Å². The first-order valence-electron chi connectivity index (χ1n) is 11.4. The van der Waals surface area contributed by atoms with Crippen LogP contribution in [0, 0.1) is 11.8 Å². The van der Waals surface area contributed by atoms with Crippen molar-refractivity contribution in [1.82, 2.24) is 14.9 Å². The molecule has 3 fully saturated rings. The summed E-state index contributed by atoms with van der Waals surface area (Å²) in [6, 6.07) is 7.69. The highest BCUT2D eigenvalue weighted by Crippen LogP contribution is 2.48. The van der Waals surface area contributed by atoms with Gasteiger partial charge < -0.3 is 24.4 Å². The van der Waals surface area contributed by atoms with E-state index in [0.717, 1.165) is 37.2 Å². The van der Waals surface area contributed by atoms with Crippen LogP contribution in [-0.2, 0) is 10.3 Å². The number of carbonyl (C=O) groups excluding carboxylic acids is 1. The second kappa shape index (κ2) is 8.67.